The second kappa shape index (κ2) is 6.74. The van der Waals surface area contributed by atoms with Crippen LogP contribution in [0.15, 0.2) is 64.4 Å². The lowest BCUT2D eigenvalue weighted by Crippen LogP contribution is -2.41. The van der Waals surface area contributed by atoms with E-state index in [4.69, 9.17) is 0 Å². The highest BCUT2D eigenvalue weighted by Gasteiger charge is 2.37. The summed E-state index contributed by atoms with van der Waals surface area (Å²) in [5.74, 6) is -0.0211. The summed E-state index contributed by atoms with van der Waals surface area (Å²) in [5, 5.41) is 4.36. The van der Waals surface area contributed by atoms with E-state index < -0.39 is 15.9 Å². The molecule has 0 spiro atoms. The number of halogens is 1. The van der Waals surface area contributed by atoms with Gasteiger partial charge in [-0.3, -0.25) is 9.10 Å². The number of nitrogens with zero attached hydrogens (tertiary/aromatic N) is 1. The molecule has 0 aliphatic carbocycles. The second-order valence-electron chi connectivity index (χ2n) is 7.06. The lowest BCUT2D eigenvalue weighted by molar-refractivity contribution is -0.120. The molecule has 1 atom stereocenters. The fourth-order valence-electron chi connectivity index (χ4n) is 4.04. The third-order valence-electron chi connectivity index (χ3n) is 5.33. The van der Waals surface area contributed by atoms with Crippen molar-refractivity contribution in [3.05, 3.63) is 66.0 Å². The van der Waals surface area contributed by atoms with Gasteiger partial charge in [-0.2, -0.15) is 0 Å². The van der Waals surface area contributed by atoms with Crippen LogP contribution in [0.25, 0.3) is 10.8 Å². The Kier molecular flexibility index (Phi) is 4.29. The number of amides is 1. The minimum absolute atomic E-state index is 0.222. The van der Waals surface area contributed by atoms with Crippen LogP contribution < -0.4 is 9.62 Å². The number of nitrogens with one attached hydrogen (secondary N) is 1. The molecule has 148 valence electrons. The fourth-order valence-corrected chi connectivity index (χ4v) is 6.84. The van der Waals surface area contributed by atoms with Crippen molar-refractivity contribution >= 4 is 44.2 Å². The second-order valence-corrected chi connectivity index (χ2v) is 9.99. The highest BCUT2D eigenvalue weighted by Crippen LogP contribution is 2.42. The van der Waals surface area contributed by atoms with E-state index in [0.29, 0.717) is 28.1 Å². The number of rotatable bonds is 3. The average molecular weight is 429 g/mol. The first kappa shape index (κ1) is 18.4. The van der Waals surface area contributed by atoms with Gasteiger partial charge in [-0.05, 0) is 35.6 Å². The van der Waals surface area contributed by atoms with Crippen LogP contribution >= 0.6 is 11.8 Å². The van der Waals surface area contributed by atoms with Gasteiger partial charge in [-0.25, -0.2) is 12.8 Å². The minimum Gasteiger partial charge on any atom is -0.348 e. The number of fused-ring (bicyclic) bond motifs is 1. The summed E-state index contributed by atoms with van der Waals surface area (Å²) in [6.45, 7) is -0.315. The molecule has 0 saturated carbocycles. The number of hydrogen-bond acceptors (Lipinski definition) is 4. The number of sulfonamides is 1. The Balaban J connectivity index is 1.43. The van der Waals surface area contributed by atoms with Crippen molar-refractivity contribution < 1.29 is 17.6 Å². The smallest absolute Gasteiger partial charge is 0.265 e. The summed E-state index contributed by atoms with van der Waals surface area (Å²) < 4.78 is 41.3. The minimum atomic E-state index is -3.79. The van der Waals surface area contributed by atoms with Gasteiger partial charge in [-0.1, -0.05) is 36.4 Å². The highest BCUT2D eigenvalue weighted by atomic mass is 32.2. The number of anilines is 1. The molecule has 1 N–H and O–H groups in total. The van der Waals surface area contributed by atoms with Crippen molar-refractivity contribution in [2.24, 2.45) is 0 Å². The van der Waals surface area contributed by atoms with Crippen molar-refractivity contribution in [1.82, 2.24) is 5.32 Å². The Morgan fingerprint density at radius 3 is 2.72 bits per heavy atom. The maximum atomic E-state index is 14.1. The summed E-state index contributed by atoms with van der Waals surface area (Å²) in [4.78, 5) is 13.6. The van der Waals surface area contributed by atoms with Crippen LogP contribution in [-0.4, -0.2) is 26.6 Å². The number of carbonyl (C=O) groups is 1. The van der Waals surface area contributed by atoms with E-state index in [1.165, 1.54) is 17.8 Å². The van der Waals surface area contributed by atoms with Gasteiger partial charge >= 0.3 is 0 Å². The quantitative estimate of drug-likeness (QED) is 0.688. The number of hydrogen-bond donors (Lipinski definition) is 1. The molecule has 3 aromatic carbocycles. The molecule has 3 aromatic rings. The SMILES string of the molecule is O=C(CN1c2cccc3cccc(c23)S1(=O)=O)NC1CCSc2c(F)cccc21. The predicted molar refractivity (Wildman–Crippen MR) is 111 cm³/mol. The van der Waals surface area contributed by atoms with Crippen LogP contribution in [0.3, 0.4) is 0 Å². The van der Waals surface area contributed by atoms with Crippen LogP contribution in [0.4, 0.5) is 10.1 Å². The first-order chi connectivity index (χ1) is 14.0. The molecule has 1 amide bonds. The molecule has 2 aliphatic heterocycles. The zero-order valence-electron chi connectivity index (χ0n) is 15.3. The van der Waals surface area contributed by atoms with Crippen LogP contribution in [0.2, 0.25) is 0 Å². The fraction of sp³-hybridized carbons (Fsp3) is 0.190. The van der Waals surface area contributed by atoms with E-state index >= 15 is 0 Å². The number of carbonyl (C=O) groups excluding carboxylic acids is 1. The van der Waals surface area contributed by atoms with Gasteiger partial charge in [0.1, 0.15) is 12.4 Å². The Labute approximate surface area is 172 Å². The summed E-state index contributed by atoms with van der Waals surface area (Å²) in [5.41, 5.74) is 1.25. The Bertz CT molecular complexity index is 1250. The van der Waals surface area contributed by atoms with E-state index in [-0.39, 0.29) is 23.3 Å². The zero-order chi connectivity index (χ0) is 20.2. The maximum Gasteiger partial charge on any atom is 0.265 e. The number of benzene rings is 3. The molecule has 2 aliphatic rings. The highest BCUT2D eigenvalue weighted by molar-refractivity contribution is 7.99. The maximum absolute atomic E-state index is 14.1. The molecule has 8 heteroatoms. The van der Waals surface area contributed by atoms with Gasteiger partial charge in [0.05, 0.1) is 16.6 Å². The van der Waals surface area contributed by atoms with Gasteiger partial charge in [0.15, 0.2) is 0 Å². The van der Waals surface area contributed by atoms with Gasteiger partial charge in [0.25, 0.3) is 10.0 Å². The third kappa shape index (κ3) is 2.89. The predicted octanol–water partition coefficient (Wildman–Crippen LogP) is 3.84. The Hall–Kier alpha value is -2.58. The lowest BCUT2D eigenvalue weighted by atomic mass is 10.0. The Morgan fingerprint density at radius 1 is 1.14 bits per heavy atom. The van der Waals surface area contributed by atoms with Crippen molar-refractivity contribution in [2.45, 2.75) is 22.3 Å². The molecule has 0 aromatic heterocycles. The van der Waals surface area contributed by atoms with Crippen molar-refractivity contribution in [1.29, 1.82) is 0 Å². The van der Waals surface area contributed by atoms with Crippen LogP contribution in [0.5, 0.6) is 0 Å². The molecule has 29 heavy (non-hydrogen) atoms. The summed E-state index contributed by atoms with van der Waals surface area (Å²) >= 11 is 1.43. The standard InChI is InChI=1S/C21H17FN2O3S2/c22-15-7-3-6-14-16(10-11-28-21(14)15)23-19(25)12-24-17-8-1-4-13-5-2-9-18(20(13)17)29(24,26)27/h1-9,16H,10-12H2,(H,23,25). The van der Waals surface area contributed by atoms with E-state index in [0.717, 1.165) is 15.3 Å². The Morgan fingerprint density at radius 2 is 1.90 bits per heavy atom. The molecule has 0 fully saturated rings. The number of thioether (sulfide) groups is 1. The largest absolute Gasteiger partial charge is 0.348 e. The zero-order valence-corrected chi connectivity index (χ0v) is 16.9. The summed E-state index contributed by atoms with van der Waals surface area (Å²) in [6, 6.07) is 15.0. The topological polar surface area (TPSA) is 66.5 Å². The summed E-state index contributed by atoms with van der Waals surface area (Å²) in [7, 11) is -3.79. The van der Waals surface area contributed by atoms with Crippen LogP contribution in [0.1, 0.15) is 18.0 Å². The van der Waals surface area contributed by atoms with Gasteiger partial charge in [0.2, 0.25) is 5.91 Å². The van der Waals surface area contributed by atoms with Crippen LogP contribution in [-0.2, 0) is 14.8 Å². The normalized spacial score (nSPS) is 19.2. The van der Waals surface area contributed by atoms with Crippen molar-refractivity contribution in [3.8, 4) is 0 Å². The molecule has 0 bridgehead atoms. The molecule has 0 radical (unpaired) electrons. The van der Waals surface area contributed by atoms with Crippen molar-refractivity contribution in [3.63, 3.8) is 0 Å². The molecule has 2 heterocycles. The van der Waals surface area contributed by atoms with Gasteiger partial charge in [-0.15, -0.1) is 11.8 Å². The first-order valence-corrected chi connectivity index (χ1v) is 11.6. The molecular formula is C21H17FN2O3S2. The monoisotopic (exact) mass is 428 g/mol. The van der Waals surface area contributed by atoms with E-state index in [1.54, 1.807) is 36.4 Å². The van der Waals surface area contributed by atoms with Crippen molar-refractivity contribution in [2.75, 3.05) is 16.6 Å². The van der Waals surface area contributed by atoms with Gasteiger partial charge in [0, 0.05) is 16.0 Å². The molecule has 5 rings (SSSR count). The summed E-state index contributed by atoms with van der Waals surface area (Å²) in [6.07, 6.45) is 0.662. The van der Waals surface area contributed by atoms with E-state index in [2.05, 4.69) is 5.32 Å². The third-order valence-corrected chi connectivity index (χ3v) is 8.29. The lowest BCUT2D eigenvalue weighted by Gasteiger charge is -2.27. The molecule has 5 nitrogen and oxygen atoms in total. The average Bonchev–Trinajstić information content (AvgIpc) is 2.92. The van der Waals surface area contributed by atoms with E-state index in [9.17, 15) is 17.6 Å². The van der Waals surface area contributed by atoms with Crippen LogP contribution in [0, 0.1) is 5.82 Å². The van der Waals surface area contributed by atoms with Gasteiger partial charge < -0.3 is 5.32 Å². The molecular weight excluding hydrogens is 411 g/mol. The van der Waals surface area contributed by atoms with E-state index in [1.807, 2.05) is 12.1 Å². The molecule has 0 saturated heterocycles. The molecule has 1 unspecified atom stereocenters. The first-order valence-electron chi connectivity index (χ1n) is 9.22.